The van der Waals surface area contributed by atoms with Crippen molar-refractivity contribution in [2.24, 2.45) is 5.92 Å². The molecule has 1 aromatic rings. The van der Waals surface area contributed by atoms with Crippen molar-refractivity contribution in [1.29, 1.82) is 0 Å². The van der Waals surface area contributed by atoms with Crippen LogP contribution in [0.1, 0.15) is 54.8 Å². The van der Waals surface area contributed by atoms with E-state index in [1.54, 1.807) is 24.3 Å². The zero-order valence-electron chi connectivity index (χ0n) is 17.6. The molecule has 0 N–H and O–H groups in total. The van der Waals surface area contributed by atoms with Gasteiger partial charge in [0.1, 0.15) is 12.2 Å². The van der Waals surface area contributed by atoms with Gasteiger partial charge in [-0.1, -0.05) is 12.1 Å². The summed E-state index contributed by atoms with van der Waals surface area (Å²) in [5.74, 6) is -2.05. The lowest BCUT2D eigenvalue weighted by atomic mass is 9.91. The fourth-order valence-electron chi connectivity index (χ4n) is 4.88. The Balaban J connectivity index is 1.34. The number of rotatable bonds is 4. The highest BCUT2D eigenvalue weighted by molar-refractivity contribution is 6.21. The van der Waals surface area contributed by atoms with Gasteiger partial charge in [0.15, 0.2) is 17.9 Å². The van der Waals surface area contributed by atoms with Gasteiger partial charge in [-0.2, -0.15) is 0 Å². The molecule has 30 heavy (non-hydrogen) atoms. The van der Waals surface area contributed by atoms with Crippen LogP contribution in [0.3, 0.4) is 0 Å². The first-order chi connectivity index (χ1) is 14.2. The lowest BCUT2D eigenvalue weighted by Gasteiger charge is -2.29. The SMILES string of the molecule is CC1(C)O[C@H]2O[C@@H]([C@H]3COC(C)(C)O3)[C@@H](CCN3C(=O)c4ccccc4C3=O)[C@H]2O1. The summed E-state index contributed by atoms with van der Waals surface area (Å²) in [5, 5.41) is 0. The predicted octanol–water partition coefficient (Wildman–Crippen LogP) is 2.32. The van der Waals surface area contributed by atoms with Crippen molar-refractivity contribution in [2.45, 2.75) is 70.3 Å². The Bertz CT molecular complexity index is 847. The molecule has 0 aliphatic carbocycles. The number of hydrogen-bond donors (Lipinski definition) is 0. The summed E-state index contributed by atoms with van der Waals surface area (Å²) < 4.78 is 30.0. The fraction of sp³-hybridized carbons (Fsp3) is 0.636. The lowest BCUT2D eigenvalue weighted by Crippen LogP contribution is -2.41. The van der Waals surface area contributed by atoms with Gasteiger partial charge >= 0.3 is 0 Å². The molecule has 4 heterocycles. The lowest BCUT2D eigenvalue weighted by molar-refractivity contribution is -0.227. The van der Waals surface area contributed by atoms with Crippen molar-refractivity contribution in [3.05, 3.63) is 35.4 Å². The Morgan fingerprint density at radius 2 is 1.60 bits per heavy atom. The van der Waals surface area contributed by atoms with Gasteiger partial charge < -0.3 is 23.7 Å². The van der Waals surface area contributed by atoms with Gasteiger partial charge in [0, 0.05) is 12.5 Å². The van der Waals surface area contributed by atoms with Crippen LogP contribution in [0.25, 0.3) is 0 Å². The van der Waals surface area contributed by atoms with Crippen molar-refractivity contribution < 1.29 is 33.3 Å². The van der Waals surface area contributed by atoms with E-state index >= 15 is 0 Å². The van der Waals surface area contributed by atoms with Crippen molar-refractivity contribution in [2.75, 3.05) is 13.2 Å². The van der Waals surface area contributed by atoms with E-state index in [9.17, 15) is 9.59 Å². The largest absolute Gasteiger partial charge is 0.348 e. The summed E-state index contributed by atoms with van der Waals surface area (Å²) in [5.41, 5.74) is 0.908. The molecule has 0 bridgehead atoms. The smallest absolute Gasteiger partial charge is 0.261 e. The monoisotopic (exact) mass is 417 g/mol. The zero-order valence-corrected chi connectivity index (χ0v) is 17.6. The minimum absolute atomic E-state index is 0.108. The summed E-state index contributed by atoms with van der Waals surface area (Å²) in [6.45, 7) is 8.12. The summed E-state index contributed by atoms with van der Waals surface area (Å²) in [4.78, 5) is 26.8. The molecule has 0 aromatic heterocycles. The highest BCUT2D eigenvalue weighted by Gasteiger charge is 2.58. The number of carbonyl (C=O) groups is 2. The van der Waals surface area contributed by atoms with E-state index in [1.165, 1.54) is 4.90 Å². The van der Waals surface area contributed by atoms with E-state index < -0.39 is 17.9 Å². The molecule has 8 nitrogen and oxygen atoms in total. The average molecular weight is 417 g/mol. The molecule has 0 spiro atoms. The quantitative estimate of drug-likeness (QED) is 0.695. The molecule has 2 amide bonds. The van der Waals surface area contributed by atoms with Crippen LogP contribution in [0.15, 0.2) is 24.3 Å². The maximum Gasteiger partial charge on any atom is 0.261 e. The van der Waals surface area contributed by atoms with E-state index in [0.717, 1.165) is 0 Å². The molecule has 3 saturated heterocycles. The third-order valence-corrected chi connectivity index (χ3v) is 6.18. The second kappa shape index (κ2) is 6.83. The van der Waals surface area contributed by atoms with Gasteiger partial charge in [0.2, 0.25) is 0 Å². The molecule has 1 aromatic carbocycles. The molecule has 3 fully saturated rings. The minimum atomic E-state index is -0.750. The van der Waals surface area contributed by atoms with Gasteiger partial charge in [-0.25, -0.2) is 0 Å². The van der Waals surface area contributed by atoms with Crippen molar-refractivity contribution >= 4 is 11.8 Å². The summed E-state index contributed by atoms with van der Waals surface area (Å²) in [7, 11) is 0. The topological polar surface area (TPSA) is 83.5 Å². The number of amides is 2. The zero-order chi connectivity index (χ0) is 21.3. The fourth-order valence-corrected chi connectivity index (χ4v) is 4.88. The minimum Gasteiger partial charge on any atom is -0.348 e. The van der Waals surface area contributed by atoms with E-state index in [-0.39, 0.29) is 42.6 Å². The molecule has 5 atom stereocenters. The molecular formula is C22H27NO7. The first kappa shape index (κ1) is 20.1. The van der Waals surface area contributed by atoms with Gasteiger partial charge in [0.05, 0.1) is 23.8 Å². The van der Waals surface area contributed by atoms with Crippen LogP contribution in [0.5, 0.6) is 0 Å². The highest BCUT2D eigenvalue weighted by Crippen LogP contribution is 2.45. The maximum atomic E-state index is 12.7. The van der Waals surface area contributed by atoms with Crippen LogP contribution >= 0.6 is 0 Å². The van der Waals surface area contributed by atoms with Crippen LogP contribution in [0, 0.1) is 5.92 Å². The number of imide groups is 1. The van der Waals surface area contributed by atoms with Crippen LogP contribution in [-0.2, 0) is 23.7 Å². The summed E-state index contributed by atoms with van der Waals surface area (Å²) in [6.07, 6.45) is -0.866. The second-order valence-corrected chi connectivity index (χ2v) is 9.20. The molecule has 162 valence electrons. The Kier molecular flexibility index (Phi) is 4.57. The third-order valence-electron chi connectivity index (χ3n) is 6.18. The average Bonchev–Trinajstić information content (AvgIpc) is 3.35. The van der Waals surface area contributed by atoms with E-state index in [0.29, 0.717) is 24.2 Å². The standard InChI is InChI=1S/C22H27NO7/c1-21(2)26-11-15(28-21)16-14(17-20(27-16)30-22(3,4)29-17)9-10-23-18(24)12-7-5-6-8-13(12)19(23)25/h5-8,14-17,20H,9-11H2,1-4H3/t14-,15-,16-,17-,20-/m1/s1. The Hall–Kier alpha value is -1.84. The van der Waals surface area contributed by atoms with Gasteiger partial charge in [-0.3, -0.25) is 14.5 Å². The van der Waals surface area contributed by atoms with Crippen molar-refractivity contribution in [3.8, 4) is 0 Å². The Morgan fingerprint density at radius 1 is 0.933 bits per heavy atom. The molecule has 0 radical (unpaired) electrons. The molecule has 5 rings (SSSR count). The third kappa shape index (κ3) is 3.27. The van der Waals surface area contributed by atoms with Crippen LogP contribution in [0.2, 0.25) is 0 Å². The summed E-state index contributed by atoms with van der Waals surface area (Å²) in [6, 6.07) is 6.92. The van der Waals surface area contributed by atoms with E-state index in [4.69, 9.17) is 23.7 Å². The number of nitrogens with zero attached hydrogens (tertiary/aromatic N) is 1. The number of benzene rings is 1. The van der Waals surface area contributed by atoms with Gasteiger partial charge in [-0.15, -0.1) is 0 Å². The normalized spacial score (nSPS) is 36.4. The van der Waals surface area contributed by atoms with Crippen LogP contribution in [0.4, 0.5) is 0 Å². The Labute approximate surface area is 175 Å². The number of hydrogen-bond acceptors (Lipinski definition) is 7. The van der Waals surface area contributed by atoms with Crippen molar-refractivity contribution in [1.82, 2.24) is 4.90 Å². The molecule has 0 saturated carbocycles. The first-order valence-corrected chi connectivity index (χ1v) is 10.4. The molecule has 0 unspecified atom stereocenters. The summed E-state index contributed by atoms with van der Waals surface area (Å²) >= 11 is 0. The molecular weight excluding hydrogens is 390 g/mol. The first-order valence-electron chi connectivity index (χ1n) is 10.4. The van der Waals surface area contributed by atoms with Crippen LogP contribution < -0.4 is 0 Å². The van der Waals surface area contributed by atoms with Gasteiger partial charge in [-0.05, 0) is 46.2 Å². The highest BCUT2D eigenvalue weighted by atomic mass is 16.8. The van der Waals surface area contributed by atoms with Gasteiger partial charge in [0.25, 0.3) is 11.8 Å². The number of fused-ring (bicyclic) bond motifs is 2. The van der Waals surface area contributed by atoms with E-state index in [1.807, 2.05) is 27.7 Å². The number of carbonyl (C=O) groups excluding carboxylic acids is 2. The Morgan fingerprint density at radius 3 is 2.20 bits per heavy atom. The van der Waals surface area contributed by atoms with E-state index in [2.05, 4.69) is 0 Å². The maximum absolute atomic E-state index is 12.7. The molecule has 4 aliphatic rings. The number of ether oxygens (including phenoxy) is 5. The molecule has 4 aliphatic heterocycles. The second-order valence-electron chi connectivity index (χ2n) is 9.20. The van der Waals surface area contributed by atoms with Crippen LogP contribution in [-0.4, -0.2) is 66.0 Å². The van der Waals surface area contributed by atoms with Crippen molar-refractivity contribution in [3.63, 3.8) is 0 Å². The molecule has 8 heteroatoms. The predicted molar refractivity (Wildman–Crippen MR) is 104 cm³/mol.